The standard InChI is InChI=1S/C11H19NO/c1-9-6-12-11(7-13)5-8(9)3-4-10(9,11)2/h8,12-13H,3-7H2,1-2H3/t8-,9-,10+,11-/m1/s1. The number of hydrogen-bond acceptors (Lipinski definition) is 2. The lowest BCUT2D eigenvalue weighted by Gasteiger charge is -2.41. The SMILES string of the molecule is C[C@@]12CC[C@@H]3C[C@]1(CO)NC[C@]32C. The Kier molecular flexibility index (Phi) is 1.24. The van der Waals surface area contributed by atoms with Crippen LogP contribution in [0.5, 0.6) is 0 Å². The van der Waals surface area contributed by atoms with Gasteiger partial charge in [-0.25, -0.2) is 0 Å². The van der Waals surface area contributed by atoms with E-state index in [-0.39, 0.29) is 5.54 Å². The molecule has 1 heterocycles. The van der Waals surface area contributed by atoms with Gasteiger partial charge >= 0.3 is 0 Å². The van der Waals surface area contributed by atoms with E-state index in [1.54, 1.807) is 0 Å². The Bertz CT molecular complexity index is 267. The molecule has 0 aromatic heterocycles. The molecule has 13 heavy (non-hydrogen) atoms. The summed E-state index contributed by atoms with van der Waals surface area (Å²) in [5.74, 6) is 0.867. The van der Waals surface area contributed by atoms with Crippen LogP contribution in [0.4, 0.5) is 0 Å². The molecular weight excluding hydrogens is 162 g/mol. The number of nitrogens with one attached hydrogen (secondary N) is 1. The second-order valence-corrected chi connectivity index (χ2v) is 5.78. The highest BCUT2D eigenvalue weighted by Gasteiger charge is 2.74. The predicted molar refractivity (Wildman–Crippen MR) is 51.4 cm³/mol. The summed E-state index contributed by atoms with van der Waals surface area (Å²) >= 11 is 0. The molecule has 0 unspecified atom stereocenters. The normalized spacial score (nSPS) is 63.5. The molecule has 4 atom stereocenters. The molecule has 1 saturated heterocycles. The Morgan fingerprint density at radius 2 is 2.23 bits per heavy atom. The summed E-state index contributed by atoms with van der Waals surface area (Å²) in [6.07, 6.45) is 3.90. The van der Waals surface area contributed by atoms with Gasteiger partial charge in [0.1, 0.15) is 0 Å². The highest BCUT2D eigenvalue weighted by molar-refractivity contribution is 5.27. The molecule has 0 amide bonds. The summed E-state index contributed by atoms with van der Waals surface area (Å²) in [6.45, 7) is 6.25. The van der Waals surface area contributed by atoms with Crippen LogP contribution in [-0.4, -0.2) is 23.8 Å². The number of rotatable bonds is 1. The second kappa shape index (κ2) is 1.96. The van der Waals surface area contributed by atoms with Crippen LogP contribution in [0.3, 0.4) is 0 Å². The quantitative estimate of drug-likeness (QED) is 0.636. The summed E-state index contributed by atoms with van der Waals surface area (Å²) in [7, 11) is 0. The third-order valence-corrected chi connectivity index (χ3v) is 5.87. The molecule has 3 rings (SSSR count). The molecule has 74 valence electrons. The molecule has 0 aromatic rings. The first-order valence-electron chi connectivity index (χ1n) is 5.44. The van der Waals surface area contributed by atoms with Gasteiger partial charge in [0.05, 0.1) is 6.61 Å². The first-order chi connectivity index (χ1) is 6.08. The maximum atomic E-state index is 9.58. The summed E-state index contributed by atoms with van der Waals surface area (Å²) < 4.78 is 0. The van der Waals surface area contributed by atoms with E-state index in [0.29, 0.717) is 17.4 Å². The molecule has 0 spiro atoms. The molecular formula is C11H19NO. The lowest BCUT2D eigenvalue weighted by atomic mass is 9.66. The molecule has 0 radical (unpaired) electrons. The summed E-state index contributed by atoms with van der Waals surface area (Å²) in [4.78, 5) is 0. The smallest absolute Gasteiger partial charge is 0.0619 e. The number of aliphatic hydroxyl groups is 1. The highest BCUT2D eigenvalue weighted by atomic mass is 16.3. The predicted octanol–water partition coefficient (Wildman–Crippen LogP) is 1.15. The van der Waals surface area contributed by atoms with Crippen molar-refractivity contribution >= 4 is 0 Å². The Morgan fingerprint density at radius 3 is 2.69 bits per heavy atom. The van der Waals surface area contributed by atoms with Gasteiger partial charge in [-0.15, -0.1) is 0 Å². The molecule has 2 N–H and O–H groups in total. The van der Waals surface area contributed by atoms with E-state index in [1.807, 2.05) is 0 Å². The largest absolute Gasteiger partial charge is 0.394 e. The maximum absolute atomic E-state index is 9.58. The molecule has 2 aliphatic carbocycles. The molecule has 3 fully saturated rings. The van der Waals surface area contributed by atoms with Crippen LogP contribution in [0.15, 0.2) is 0 Å². The zero-order valence-electron chi connectivity index (χ0n) is 8.56. The minimum atomic E-state index is 0.0741. The van der Waals surface area contributed by atoms with Crippen molar-refractivity contribution in [3.63, 3.8) is 0 Å². The van der Waals surface area contributed by atoms with E-state index in [9.17, 15) is 5.11 Å². The average molecular weight is 181 g/mol. The Balaban J connectivity index is 2.14. The minimum Gasteiger partial charge on any atom is -0.394 e. The molecule has 3 aliphatic rings. The van der Waals surface area contributed by atoms with Crippen LogP contribution in [-0.2, 0) is 0 Å². The fraction of sp³-hybridized carbons (Fsp3) is 1.00. The third-order valence-electron chi connectivity index (χ3n) is 5.87. The van der Waals surface area contributed by atoms with Crippen LogP contribution >= 0.6 is 0 Å². The first-order valence-corrected chi connectivity index (χ1v) is 5.44. The van der Waals surface area contributed by atoms with E-state index >= 15 is 0 Å². The van der Waals surface area contributed by atoms with Crippen molar-refractivity contribution in [3.8, 4) is 0 Å². The van der Waals surface area contributed by atoms with Crippen LogP contribution in [0.1, 0.15) is 33.1 Å². The summed E-state index contributed by atoms with van der Waals surface area (Å²) in [5, 5.41) is 13.2. The van der Waals surface area contributed by atoms with Crippen molar-refractivity contribution in [2.24, 2.45) is 16.7 Å². The third kappa shape index (κ3) is 0.581. The Hall–Kier alpha value is -0.0800. The van der Waals surface area contributed by atoms with Gasteiger partial charge in [0.25, 0.3) is 0 Å². The number of piperidine rings is 1. The molecule has 2 saturated carbocycles. The maximum Gasteiger partial charge on any atom is 0.0619 e. The van der Waals surface area contributed by atoms with Gasteiger partial charge in [-0.3, -0.25) is 0 Å². The van der Waals surface area contributed by atoms with Gasteiger partial charge in [-0.2, -0.15) is 0 Å². The van der Waals surface area contributed by atoms with Gasteiger partial charge in [-0.05, 0) is 36.0 Å². The zero-order valence-corrected chi connectivity index (χ0v) is 8.56. The topological polar surface area (TPSA) is 32.3 Å². The lowest BCUT2D eigenvalue weighted by Crippen LogP contribution is -2.53. The monoisotopic (exact) mass is 181 g/mol. The Labute approximate surface area is 79.7 Å². The summed E-state index contributed by atoms with van der Waals surface area (Å²) in [6, 6.07) is 0. The van der Waals surface area contributed by atoms with Gasteiger partial charge in [0, 0.05) is 12.1 Å². The van der Waals surface area contributed by atoms with Crippen molar-refractivity contribution in [2.75, 3.05) is 13.2 Å². The van der Waals surface area contributed by atoms with Crippen LogP contribution < -0.4 is 5.32 Å². The first kappa shape index (κ1) is 8.25. The zero-order chi connectivity index (χ0) is 9.32. The van der Waals surface area contributed by atoms with Gasteiger partial charge in [-0.1, -0.05) is 13.8 Å². The molecule has 1 aliphatic heterocycles. The van der Waals surface area contributed by atoms with Crippen molar-refractivity contribution in [1.29, 1.82) is 0 Å². The summed E-state index contributed by atoms with van der Waals surface area (Å²) in [5.41, 5.74) is 0.903. The molecule has 0 aromatic carbocycles. The lowest BCUT2D eigenvalue weighted by molar-refractivity contribution is 0.0650. The van der Waals surface area contributed by atoms with Crippen molar-refractivity contribution in [1.82, 2.24) is 5.32 Å². The van der Waals surface area contributed by atoms with E-state index in [0.717, 1.165) is 12.5 Å². The van der Waals surface area contributed by atoms with Crippen LogP contribution in [0, 0.1) is 16.7 Å². The Morgan fingerprint density at radius 1 is 1.46 bits per heavy atom. The van der Waals surface area contributed by atoms with E-state index in [2.05, 4.69) is 19.2 Å². The van der Waals surface area contributed by atoms with E-state index < -0.39 is 0 Å². The van der Waals surface area contributed by atoms with E-state index in [4.69, 9.17) is 0 Å². The van der Waals surface area contributed by atoms with Crippen molar-refractivity contribution < 1.29 is 5.11 Å². The fourth-order valence-corrected chi connectivity index (χ4v) is 4.53. The van der Waals surface area contributed by atoms with Crippen LogP contribution in [0.25, 0.3) is 0 Å². The van der Waals surface area contributed by atoms with Crippen LogP contribution in [0.2, 0.25) is 0 Å². The number of hydrogen-bond donors (Lipinski definition) is 2. The molecule has 2 nitrogen and oxygen atoms in total. The second-order valence-electron chi connectivity index (χ2n) is 5.78. The van der Waals surface area contributed by atoms with Crippen molar-refractivity contribution in [2.45, 2.75) is 38.6 Å². The minimum absolute atomic E-state index is 0.0741. The van der Waals surface area contributed by atoms with Crippen molar-refractivity contribution in [3.05, 3.63) is 0 Å². The highest BCUT2D eigenvalue weighted by Crippen LogP contribution is 2.72. The van der Waals surface area contributed by atoms with Gasteiger partial charge in [0.2, 0.25) is 0 Å². The molecule has 2 heteroatoms. The van der Waals surface area contributed by atoms with Gasteiger partial charge < -0.3 is 10.4 Å². The molecule has 4 bridgehead atoms. The fourth-order valence-electron chi connectivity index (χ4n) is 4.53. The average Bonchev–Trinajstić information content (AvgIpc) is 2.58. The van der Waals surface area contributed by atoms with E-state index in [1.165, 1.54) is 19.3 Å². The van der Waals surface area contributed by atoms with Gasteiger partial charge in [0.15, 0.2) is 0 Å². The number of aliphatic hydroxyl groups excluding tert-OH is 1.